The highest BCUT2D eigenvalue weighted by molar-refractivity contribution is 5.94. The van der Waals surface area contributed by atoms with Crippen molar-refractivity contribution in [3.8, 4) is 5.75 Å². The van der Waals surface area contributed by atoms with Crippen LogP contribution in [0.2, 0.25) is 0 Å². The number of aliphatic hydroxyl groups is 1. The summed E-state index contributed by atoms with van der Waals surface area (Å²) in [4.78, 5) is 15.8. The topological polar surface area (TPSA) is 80.7 Å². The average Bonchev–Trinajstić information content (AvgIpc) is 3.16. The van der Waals surface area contributed by atoms with Gasteiger partial charge < -0.3 is 19.9 Å². The van der Waals surface area contributed by atoms with Crippen LogP contribution in [0.25, 0.3) is 0 Å². The van der Waals surface area contributed by atoms with Crippen LogP contribution in [0.3, 0.4) is 0 Å². The van der Waals surface area contributed by atoms with Gasteiger partial charge in [0.15, 0.2) is 18.2 Å². The molecule has 2 aromatic rings. The van der Waals surface area contributed by atoms with E-state index in [0.717, 1.165) is 25.0 Å². The van der Waals surface area contributed by atoms with Crippen molar-refractivity contribution in [1.29, 1.82) is 0 Å². The number of carbonyl (C=O) groups excluding carboxylic acids is 1. The zero-order valence-corrected chi connectivity index (χ0v) is 17.1. The number of aliphatic hydroxyl groups excluding tert-OH is 1. The Morgan fingerprint density at radius 3 is 2.68 bits per heavy atom. The molecule has 1 aliphatic heterocycles. The molecule has 0 radical (unpaired) electrons. The Morgan fingerprint density at radius 2 is 2.06 bits per heavy atom. The summed E-state index contributed by atoms with van der Waals surface area (Å²) in [5.41, 5.74) is 1.17. The summed E-state index contributed by atoms with van der Waals surface area (Å²) in [5, 5.41) is 11.7. The Hall–Kier alpha value is -2.72. The van der Waals surface area contributed by atoms with Crippen molar-refractivity contribution in [2.75, 3.05) is 11.9 Å². The predicted octanol–water partition coefficient (Wildman–Crippen LogP) is 4.08. The molecule has 10 heteroatoms. The van der Waals surface area contributed by atoms with Crippen LogP contribution in [0.15, 0.2) is 36.5 Å². The van der Waals surface area contributed by atoms with Gasteiger partial charge in [-0.1, -0.05) is 6.07 Å². The first-order valence-corrected chi connectivity index (χ1v) is 9.56. The number of hydrogen-bond donors (Lipinski definition) is 2. The summed E-state index contributed by atoms with van der Waals surface area (Å²) < 4.78 is 59.9. The number of ether oxygens (including phenoxy) is 2. The third-order valence-corrected chi connectivity index (χ3v) is 4.17. The number of pyridine rings is 1. The summed E-state index contributed by atoms with van der Waals surface area (Å²) in [7, 11) is 0. The van der Waals surface area contributed by atoms with Crippen molar-refractivity contribution in [2.45, 2.75) is 51.4 Å². The minimum atomic E-state index is -3.07. The van der Waals surface area contributed by atoms with Crippen molar-refractivity contribution in [2.24, 2.45) is 0 Å². The zero-order chi connectivity index (χ0) is 23.0. The number of alkyl halides is 2. The lowest BCUT2D eigenvalue weighted by atomic mass is 10.2. The van der Waals surface area contributed by atoms with Crippen molar-refractivity contribution < 1.29 is 36.9 Å². The van der Waals surface area contributed by atoms with Crippen LogP contribution < -0.4 is 10.1 Å². The number of carbonyl (C=O) groups is 1. The first kappa shape index (κ1) is 24.5. The second-order valence-electron chi connectivity index (χ2n) is 7.11. The smallest absolute Gasteiger partial charge is 0.278 e. The van der Waals surface area contributed by atoms with Crippen molar-refractivity contribution in [1.82, 2.24) is 4.98 Å². The van der Waals surface area contributed by atoms with E-state index in [2.05, 4.69) is 15.0 Å². The van der Waals surface area contributed by atoms with Gasteiger partial charge >= 0.3 is 0 Å². The SMILES string of the molecule is CC(F)(F)COc1cccc(F)c1F.CC1CCC(C(=O)Nc2ccnc(CO)c2)O1. The normalized spacial score (nSPS) is 18.2. The zero-order valence-electron chi connectivity index (χ0n) is 17.1. The number of aromatic nitrogens is 1. The lowest BCUT2D eigenvalue weighted by molar-refractivity contribution is -0.126. The van der Waals surface area contributed by atoms with Gasteiger partial charge in [-0.15, -0.1) is 0 Å². The molecule has 3 rings (SSSR count). The number of hydrogen-bond acceptors (Lipinski definition) is 5. The highest BCUT2D eigenvalue weighted by Crippen LogP contribution is 2.22. The van der Waals surface area contributed by atoms with Crippen molar-refractivity contribution in [3.63, 3.8) is 0 Å². The minimum absolute atomic E-state index is 0.135. The van der Waals surface area contributed by atoms with E-state index in [9.17, 15) is 22.4 Å². The van der Waals surface area contributed by atoms with E-state index in [4.69, 9.17) is 9.84 Å². The third kappa shape index (κ3) is 8.14. The molecular weight excluding hydrogens is 420 g/mol. The molecule has 2 unspecified atom stereocenters. The van der Waals surface area contributed by atoms with Gasteiger partial charge in [-0.05, 0) is 44.0 Å². The highest BCUT2D eigenvalue weighted by atomic mass is 19.3. The number of nitrogens with zero attached hydrogens (tertiary/aromatic N) is 1. The van der Waals surface area contributed by atoms with Crippen LogP contribution in [0, 0.1) is 11.6 Å². The molecule has 1 saturated heterocycles. The van der Waals surface area contributed by atoms with Crippen LogP contribution >= 0.6 is 0 Å². The average molecular weight is 444 g/mol. The molecule has 2 heterocycles. The maximum Gasteiger partial charge on any atom is 0.278 e. The van der Waals surface area contributed by atoms with E-state index in [0.29, 0.717) is 18.3 Å². The van der Waals surface area contributed by atoms with Crippen molar-refractivity contribution in [3.05, 3.63) is 53.9 Å². The fourth-order valence-electron chi connectivity index (χ4n) is 2.66. The van der Waals surface area contributed by atoms with Crippen LogP contribution in [0.1, 0.15) is 32.4 Å². The van der Waals surface area contributed by atoms with Gasteiger partial charge in [-0.25, -0.2) is 13.2 Å². The molecular formula is C21H24F4N2O4. The summed E-state index contributed by atoms with van der Waals surface area (Å²) in [5.74, 6) is -6.09. The lowest BCUT2D eigenvalue weighted by Gasteiger charge is -2.12. The molecule has 170 valence electrons. The quantitative estimate of drug-likeness (QED) is 0.657. The molecule has 2 N–H and O–H groups in total. The standard InChI is InChI=1S/C12H16N2O3.C9H8F4O/c1-8-2-3-11(17-8)12(16)14-9-4-5-13-10(6-9)7-15;1-9(12,13)5-14-7-4-2-3-6(10)8(7)11/h4-6,8,11,15H,2-3,7H2,1H3,(H,13,14,16);2-4H,5H2,1H3. The second kappa shape index (κ2) is 11.1. The van der Waals surface area contributed by atoms with Crippen LogP contribution in [0.4, 0.5) is 23.2 Å². The van der Waals surface area contributed by atoms with Gasteiger partial charge in [0.05, 0.1) is 18.4 Å². The third-order valence-electron chi connectivity index (χ3n) is 4.17. The first-order valence-electron chi connectivity index (χ1n) is 9.56. The Morgan fingerprint density at radius 1 is 1.32 bits per heavy atom. The molecule has 0 bridgehead atoms. The summed E-state index contributed by atoms with van der Waals surface area (Å²) in [6.45, 7) is 1.47. The van der Waals surface area contributed by atoms with Gasteiger partial charge in [0, 0.05) is 18.8 Å². The van der Waals surface area contributed by atoms with Gasteiger partial charge in [0.25, 0.3) is 11.8 Å². The highest BCUT2D eigenvalue weighted by Gasteiger charge is 2.28. The van der Waals surface area contributed by atoms with E-state index in [1.54, 1.807) is 18.3 Å². The van der Waals surface area contributed by atoms with E-state index in [-0.39, 0.29) is 24.7 Å². The van der Waals surface area contributed by atoms with E-state index >= 15 is 0 Å². The molecule has 1 aromatic carbocycles. The molecule has 1 aliphatic rings. The number of benzene rings is 1. The van der Waals surface area contributed by atoms with E-state index in [1.807, 2.05) is 6.92 Å². The Bertz CT molecular complexity index is 877. The fourth-order valence-corrected chi connectivity index (χ4v) is 2.66. The lowest BCUT2D eigenvalue weighted by Crippen LogP contribution is -2.27. The molecule has 0 aliphatic carbocycles. The number of amides is 1. The molecule has 31 heavy (non-hydrogen) atoms. The van der Waals surface area contributed by atoms with Crippen molar-refractivity contribution >= 4 is 11.6 Å². The molecule has 6 nitrogen and oxygen atoms in total. The molecule has 2 atom stereocenters. The Labute approximate surface area is 177 Å². The van der Waals surface area contributed by atoms with Gasteiger partial charge in [-0.3, -0.25) is 9.78 Å². The largest absolute Gasteiger partial charge is 0.484 e. The van der Waals surface area contributed by atoms with Gasteiger partial charge in [0.2, 0.25) is 5.82 Å². The Balaban J connectivity index is 0.000000225. The fraction of sp³-hybridized carbons (Fsp3) is 0.429. The molecule has 1 amide bonds. The van der Waals surface area contributed by atoms with Crippen LogP contribution in [0.5, 0.6) is 5.75 Å². The minimum Gasteiger partial charge on any atom is -0.484 e. The number of anilines is 1. The molecule has 0 spiro atoms. The van der Waals surface area contributed by atoms with Gasteiger partial charge in [0.1, 0.15) is 6.10 Å². The summed E-state index contributed by atoms with van der Waals surface area (Å²) in [6.07, 6.45) is 3.01. The van der Waals surface area contributed by atoms with Gasteiger partial charge in [-0.2, -0.15) is 4.39 Å². The number of rotatable bonds is 6. The molecule has 0 saturated carbocycles. The summed E-state index contributed by atoms with van der Waals surface area (Å²) >= 11 is 0. The maximum absolute atomic E-state index is 12.8. The second-order valence-corrected chi connectivity index (χ2v) is 7.11. The van der Waals surface area contributed by atoms with Crippen LogP contribution in [-0.2, 0) is 16.1 Å². The molecule has 1 fully saturated rings. The number of nitrogens with one attached hydrogen (secondary N) is 1. The van der Waals surface area contributed by atoms with E-state index < -0.39 is 29.9 Å². The van der Waals surface area contributed by atoms with E-state index in [1.165, 1.54) is 6.07 Å². The molecule has 1 aromatic heterocycles. The predicted molar refractivity (Wildman–Crippen MR) is 105 cm³/mol. The van der Waals surface area contributed by atoms with Crippen LogP contribution in [-0.4, -0.2) is 40.7 Å². The monoisotopic (exact) mass is 444 g/mol. The maximum atomic E-state index is 12.8. The Kier molecular flexibility index (Phi) is 8.76. The first-order chi connectivity index (χ1) is 14.6. The summed E-state index contributed by atoms with van der Waals surface area (Å²) in [6, 6.07) is 6.49. The number of halogens is 4.